The number of amides is 1. The lowest BCUT2D eigenvalue weighted by molar-refractivity contribution is 0.102. The fraction of sp³-hybridized carbons (Fsp3) is 0.133. The molecule has 5 nitrogen and oxygen atoms in total. The van der Waals surface area contributed by atoms with Crippen LogP contribution in [0, 0.1) is 13.8 Å². The van der Waals surface area contributed by atoms with Crippen molar-refractivity contribution in [3.8, 4) is 0 Å². The van der Waals surface area contributed by atoms with Crippen molar-refractivity contribution < 1.29 is 9.21 Å². The number of furan rings is 1. The number of nitrogens with one attached hydrogen (secondary N) is 1. The molecule has 0 unspecified atom stereocenters. The first kappa shape index (κ1) is 12.3. The van der Waals surface area contributed by atoms with E-state index >= 15 is 0 Å². The third-order valence-corrected chi connectivity index (χ3v) is 2.93. The largest absolute Gasteiger partial charge is 0.461 e. The first-order valence-corrected chi connectivity index (χ1v) is 6.22. The van der Waals surface area contributed by atoms with E-state index in [4.69, 9.17) is 4.42 Å². The van der Waals surface area contributed by atoms with Crippen LogP contribution in [0.4, 0.5) is 5.82 Å². The number of carbonyl (C=O) groups is 1. The summed E-state index contributed by atoms with van der Waals surface area (Å²) >= 11 is 0. The summed E-state index contributed by atoms with van der Waals surface area (Å²) in [7, 11) is 0. The molecule has 0 saturated carbocycles. The van der Waals surface area contributed by atoms with Gasteiger partial charge in [0.2, 0.25) is 0 Å². The van der Waals surface area contributed by atoms with Crippen molar-refractivity contribution in [1.29, 1.82) is 0 Å². The fourth-order valence-electron chi connectivity index (χ4n) is 1.95. The van der Waals surface area contributed by atoms with Gasteiger partial charge < -0.3 is 9.73 Å². The third-order valence-electron chi connectivity index (χ3n) is 2.93. The maximum atomic E-state index is 12.1. The zero-order chi connectivity index (χ0) is 14.1. The van der Waals surface area contributed by atoms with Crippen LogP contribution >= 0.6 is 0 Å². The highest BCUT2D eigenvalue weighted by atomic mass is 16.3. The predicted molar refractivity (Wildman–Crippen MR) is 75.7 cm³/mol. The molecule has 0 saturated heterocycles. The average molecular weight is 267 g/mol. The molecule has 0 atom stereocenters. The number of carbonyl (C=O) groups excluding carboxylic acids is 1. The van der Waals surface area contributed by atoms with Crippen molar-refractivity contribution in [2.75, 3.05) is 5.32 Å². The maximum Gasteiger partial charge on any atom is 0.256 e. The van der Waals surface area contributed by atoms with E-state index in [1.807, 2.05) is 26.0 Å². The van der Waals surface area contributed by atoms with Gasteiger partial charge >= 0.3 is 0 Å². The third kappa shape index (κ3) is 2.38. The molecular weight excluding hydrogens is 254 g/mol. The first-order valence-electron chi connectivity index (χ1n) is 6.22. The van der Waals surface area contributed by atoms with Crippen LogP contribution in [0.3, 0.4) is 0 Å². The lowest BCUT2D eigenvalue weighted by Gasteiger charge is -2.04. The van der Waals surface area contributed by atoms with E-state index in [2.05, 4.69) is 15.3 Å². The highest BCUT2D eigenvalue weighted by molar-refractivity contribution is 6.05. The fourth-order valence-corrected chi connectivity index (χ4v) is 1.95. The SMILES string of the molecule is Cc1cnc(NC(=O)c2ccc3cc(C)oc3c2)cn1. The van der Waals surface area contributed by atoms with Crippen LogP contribution in [0.1, 0.15) is 21.8 Å². The molecule has 3 rings (SSSR count). The van der Waals surface area contributed by atoms with Crippen molar-refractivity contribution in [3.63, 3.8) is 0 Å². The summed E-state index contributed by atoms with van der Waals surface area (Å²) in [5.41, 5.74) is 2.02. The predicted octanol–water partition coefficient (Wildman–Crippen LogP) is 3.09. The van der Waals surface area contributed by atoms with Gasteiger partial charge in [0.1, 0.15) is 11.3 Å². The van der Waals surface area contributed by atoms with Gasteiger partial charge in [-0.2, -0.15) is 0 Å². The van der Waals surface area contributed by atoms with Gasteiger partial charge in [-0.1, -0.05) is 6.07 Å². The van der Waals surface area contributed by atoms with E-state index in [9.17, 15) is 4.79 Å². The van der Waals surface area contributed by atoms with Crippen LogP contribution in [0.2, 0.25) is 0 Å². The number of nitrogens with zero attached hydrogens (tertiary/aromatic N) is 2. The maximum absolute atomic E-state index is 12.1. The number of benzene rings is 1. The second-order valence-electron chi connectivity index (χ2n) is 4.61. The minimum atomic E-state index is -0.237. The Balaban J connectivity index is 1.86. The van der Waals surface area contributed by atoms with Crippen LogP contribution in [0.15, 0.2) is 41.1 Å². The van der Waals surface area contributed by atoms with Crippen LogP contribution in [0.5, 0.6) is 0 Å². The van der Waals surface area contributed by atoms with Gasteiger partial charge in [-0.15, -0.1) is 0 Å². The molecule has 100 valence electrons. The summed E-state index contributed by atoms with van der Waals surface area (Å²) in [5, 5.41) is 3.68. The minimum absolute atomic E-state index is 0.237. The molecule has 1 aromatic carbocycles. The molecule has 1 N–H and O–H groups in total. The van der Waals surface area contributed by atoms with E-state index in [0.29, 0.717) is 17.0 Å². The van der Waals surface area contributed by atoms with Crippen molar-refractivity contribution in [2.45, 2.75) is 13.8 Å². The van der Waals surface area contributed by atoms with Crippen molar-refractivity contribution in [1.82, 2.24) is 9.97 Å². The highest BCUT2D eigenvalue weighted by Gasteiger charge is 2.09. The van der Waals surface area contributed by atoms with Gasteiger partial charge in [0.15, 0.2) is 5.82 Å². The molecule has 0 aliphatic carbocycles. The number of aromatic nitrogens is 2. The molecule has 1 amide bonds. The van der Waals surface area contributed by atoms with E-state index in [-0.39, 0.29) is 5.91 Å². The Morgan fingerprint density at radius 3 is 2.75 bits per heavy atom. The summed E-state index contributed by atoms with van der Waals surface area (Å²) < 4.78 is 5.52. The molecular formula is C15H13N3O2. The summed E-state index contributed by atoms with van der Waals surface area (Å²) in [6, 6.07) is 7.28. The Morgan fingerprint density at radius 1 is 1.15 bits per heavy atom. The Kier molecular flexibility index (Phi) is 2.95. The first-order chi connectivity index (χ1) is 9.61. The highest BCUT2D eigenvalue weighted by Crippen LogP contribution is 2.20. The molecule has 2 heterocycles. The Morgan fingerprint density at radius 2 is 2.00 bits per heavy atom. The quantitative estimate of drug-likeness (QED) is 0.774. The van der Waals surface area contributed by atoms with Gasteiger partial charge in [0.25, 0.3) is 5.91 Å². The lowest BCUT2D eigenvalue weighted by Crippen LogP contribution is -2.13. The molecule has 0 fully saturated rings. The van der Waals surface area contributed by atoms with Gasteiger partial charge in [-0.05, 0) is 32.0 Å². The molecule has 20 heavy (non-hydrogen) atoms. The summed E-state index contributed by atoms with van der Waals surface area (Å²) in [6.45, 7) is 3.72. The number of hydrogen-bond acceptors (Lipinski definition) is 4. The Bertz CT molecular complexity index is 775. The van der Waals surface area contributed by atoms with Crippen molar-refractivity contribution in [2.24, 2.45) is 0 Å². The molecule has 0 radical (unpaired) electrons. The summed E-state index contributed by atoms with van der Waals surface area (Å²) in [5.74, 6) is 1.01. The Hall–Kier alpha value is -2.69. The van der Waals surface area contributed by atoms with Gasteiger partial charge in [0.05, 0.1) is 18.1 Å². The van der Waals surface area contributed by atoms with E-state index in [1.165, 1.54) is 6.20 Å². The molecule has 3 aromatic rings. The summed E-state index contributed by atoms with van der Waals surface area (Å²) in [6.07, 6.45) is 3.14. The number of hydrogen-bond donors (Lipinski definition) is 1. The second kappa shape index (κ2) is 4.77. The van der Waals surface area contributed by atoms with Gasteiger partial charge in [-0.25, -0.2) is 4.98 Å². The number of rotatable bonds is 2. The molecule has 0 bridgehead atoms. The van der Waals surface area contributed by atoms with Gasteiger partial charge in [0, 0.05) is 10.9 Å². The lowest BCUT2D eigenvalue weighted by atomic mass is 10.1. The standard InChI is InChI=1S/C15H13N3O2/c1-9-7-17-14(8-16-9)18-15(19)12-4-3-11-5-10(2)20-13(11)6-12/h3-8H,1-2H3,(H,17,18,19). The van der Waals surface area contributed by atoms with E-state index < -0.39 is 0 Å². The zero-order valence-corrected chi connectivity index (χ0v) is 11.2. The average Bonchev–Trinajstić information content (AvgIpc) is 2.80. The second-order valence-corrected chi connectivity index (χ2v) is 4.61. The van der Waals surface area contributed by atoms with E-state index in [0.717, 1.165) is 16.8 Å². The van der Waals surface area contributed by atoms with Crippen LogP contribution < -0.4 is 5.32 Å². The molecule has 5 heteroatoms. The van der Waals surface area contributed by atoms with Crippen LogP contribution in [-0.4, -0.2) is 15.9 Å². The number of aryl methyl sites for hydroxylation is 2. The van der Waals surface area contributed by atoms with E-state index in [1.54, 1.807) is 18.3 Å². The molecule has 0 spiro atoms. The monoisotopic (exact) mass is 267 g/mol. The van der Waals surface area contributed by atoms with Crippen molar-refractivity contribution >= 4 is 22.7 Å². The summed E-state index contributed by atoms with van der Waals surface area (Å²) in [4.78, 5) is 20.3. The smallest absolute Gasteiger partial charge is 0.256 e. The van der Waals surface area contributed by atoms with Crippen molar-refractivity contribution in [3.05, 3.63) is 53.7 Å². The minimum Gasteiger partial charge on any atom is -0.461 e. The normalized spacial score (nSPS) is 10.7. The zero-order valence-electron chi connectivity index (χ0n) is 11.2. The number of fused-ring (bicyclic) bond motifs is 1. The number of anilines is 1. The Labute approximate surface area is 115 Å². The van der Waals surface area contributed by atoms with Crippen LogP contribution in [-0.2, 0) is 0 Å². The van der Waals surface area contributed by atoms with Gasteiger partial charge in [-0.3, -0.25) is 9.78 Å². The molecule has 0 aliphatic heterocycles. The molecule has 0 aliphatic rings. The topological polar surface area (TPSA) is 68.0 Å². The molecule has 2 aromatic heterocycles. The van der Waals surface area contributed by atoms with Crippen LogP contribution in [0.25, 0.3) is 11.0 Å².